The van der Waals surface area contributed by atoms with Gasteiger partial charge in [-0.25, -0.2) is 9.37 Å². The second-order valence-electron chi connectivity index (χ2n) is 9.54. The SMILES string of the molecule is Cc1ccc(-c2cc(-c3ccccc3)nc3sc(C(=O)N4CCN(c5ccccc5F)CC4)c(N)c23)cc1. The Bertz CT molecular complexity index is 1620. The van der Waals surface area contributed by atoms with Crippen LogP contribution in [0.25, 0.3) is 32.6 Å². The van der Waals surface area contributed by atoms with Crippen molar-refractivity contribution in [3.8, 4) is 22.4 Å². The molecule has 0 aliphatic carbocycles. The van der Waals surface area contributed by atoms with Gasteiger partial charge in [-0.3, -0.25) is 4.79 Å². The Morgan fingerprint density at radius 2 is 1.58 bits per heavy atom. The number of carbonyl (C=O) groups is 1. The summed E-state index contributed by atoms with van der Waals surface area (Å²) in [7, 11) is 0. The van der Waals surface area contributed by atoms with Crippen LogP contribution in [0.1, 0.15) is 15.2 Å². The number of nitrogen functional groups attached to an aromatic ring is 1. The number of aromatic nitrogens is 1. The van der Waals surface area contributed by atoms with Crippen LogP contribution in [-0.4, -0.2) is 42.0 Å². The van der Waals surface area contributed by atoms with Crippen molar-refractivity contribution in [2.24, 2.45) is 0 Å². The predicted molar refractivity (Wildman–Crippen MR) is 154 cm³/mol. The first-order chi connectivity index (χ1) is 18.5. The third-order valence-corrected chi connectivity index (χ3v) is 8.17. The van der Waals surface area contributed by atoms with Gasteiger partial charge < -0.3 is 15.5 Å². The summed E-state index contributed by atoms with van der Waals surface area (Å²) in [5, 5.41) is 0.812. The van der Waals surface area contributed by atoms with Gasteiger partial charge in [0.15, 0.2) is 0 Å². The molecule has 2 aromatic heterocycles. The minimum Gasteiger partial charge on any atom is -0.397 e. The zero-order valence-electron chi connectivity index (χ0n) is 21.0. The molecule has 2 N–H and O–H groups in total. The summed E-state index contributed by atoms with van der Waals surface area (Å²) in [5.74, 6) is -0.347. The summed E-state index contributed by atoms with van der Waals surface area (Å²) in [6.07, 6.45) is 0. The summed E-state index contributed by atoms with van der Waals surface area (Å²) in [5.41, 5.74) is 12.8. The van der Waals surface area contributed by atoms with Crippen molar-refractivity contribution < 1.29 is 9.18 Å². The molecule has 190 valence electrons. The molecule has 38 heavy (non-hydrogen) atoms. The number of amides is 1. The number of rotatable bonds is 4. The molecule has 5 aromatic rings. The van der Waals surface area contributed by atoms with Crippen LogP contribution in [-0.2, 0) is 0 Å². The lowest BCUT2D eigenvalue weighted by Crippen LogP contribution is -2.49. The van der Waals surface area contributed by atoms with Gasteiger partial charge in [0.05, 0.1) is 17.1 Å². The van der Waals surface area contributed by atoms with E-state index in [4.69, 9.17) is 10.7 Å². The topological polar surface area (TPSA) is 62.5 Å². The Labute approximate surface area is 225 Å². The number of pyridine rings is 1. The number of nitrogens with zero attached hydrogens (tertiary/aromatic N) is 3. The van der Waals surface area contributed by atoms with Crippen LogP contribution in [0.15, 0.2) is 84.9 Å². The highest BCUT2D eigenvalue weighted by Gasteiger charge is 2.28. The number of thiophene rings is 1. The molecule has 0 spiro atoms. The zero-order chi connectivity index (χ0) is 26.2. The van der Waals surface area contributed by atoms with E-state index in [1.54, 1.807) is 12.1 Å². The van der Waals surface area contributed by atoms with E-state index in [9.17, 15) is 9.18 Å². The number of aryl methyl sites for hydroxylation is 1. The quantitative estimate of drug-likeness (QED) is 0.288. The molecule has 5 nitrogen and oxygen atoms in total. The van der Waals surface area contributed by atoms with Crippen LogP contribution >= 0.6 is 11.3 Å². The number of benzene rings is 3. The summed E-state index contributed by atoms with van der Waals surface area (Å²) in [4.78, 5) is 23.7. The van der Waals surface area contributed by atoms with Gasteiger partial charge in [0.25, 0.3) is 5.91 Å². The number of fused-ring (bicyclic) bond motifs is 1. The Morgan fingerprint density at radius 3 is 2.29 bits per heavy atom. The fourth-order valence-corrected chi connectivity index (χ4v) is 6.09. The molecule has 1 saturated heterocycles. The third-order valence-electron chi connectivity index (χ3n) is 7.09. The summed E-state index contributed by atoms with van der Waals surface area (Å²) >= 11 is 1.35. The molecule has 0 bridgehead atoms. The van der Waals surface area contributed by atoms with Crippen LogP contribution in [0.3, 0.4) is 0 Å². The summed E-state index contributed by atoms with van der Waals surface area (Å²) in [6.45, 7) is 4.16. The molecule has 1 fully saturated rings. The van der Waals surface area contributed by atoms with E-state index in [0.717, 1.165) is 32.6 Å². The van der Waals surface area contributed by atoms with Crippen molar-refractivity contribution in [2.45, 2.75) is 6.92 Å². The largest absolute Gasteiger partial charge is 0.397 e. The fourth-order valence-electron chi connectivity index (χ4n) is 5.00. The molecule has 6 rings (SSSR count). The number of piperazine rings is 1. The predicted octanol–water partition coefficient (Wildman–Crippen LogP) is 6.62. The van der Waals surface area contributed by atoms with Gasteiger partial charge in [-0.05, 0) is 36.2 Å². The summed E-state index contributed by atoms with van der Waals surface area (Å²) in [6, 6.07) is 27.2. The first-order valence-electron chi connectivity index (χ1n) is 12.6. The second kappa shape index (κ2) is 9.91. The molecule has 3 heterocycles. The lowest BCUT2D eigenvalue weighted by Gasteiger charge is -2.36. The molecule has 1 aliphatic rings. The molecular weight excluding hydrogens is 495 g/mol. The Kier molecular flexibility index (Phi) is 6.29. The number of hydrogen-bond acceptors (Lipinski definition) is 5. The Hall–Kier alpha value is -4.23. The molecule has 0 radical (unpaired) electrons. The van der Waals surface area contributed by atoms with Gasteiger partial charge in [-0.2, -0.15) is 0 Å². The van der Waals surface area contributed by atoms with Crippen LogP contribution in [0, 0.1) is 12.7 Å². The number of anilines is 2. The number of hydrogen-bond donors (Lipinski definition) is 1. The first kappa shape index (κ1) is 24.1. The van der Waals surface area contributed by atoms with E-state index in [-0.39, 0.29) is 11.7 Å². The van der Waals surface area contributed by atoms with Crippen molar-refractivity contribution in [2.75, 3.05) is 36.8 Å². The maximum atomic E-state index is 14.3. The van der Waals surface area contributed by atoms with Gasteiger partial charge in [-0.1, -0.05) is 72.3 Å². The number of halogens is 1. The van der Waals surface area contributed by atoms with E-state index in [1.807, 2.05) is 46.2 Å². The van der Waals surface area contributed by atoms with Gasteiger partial charge in [-0.15, -0.1) is 11.3 Å². The zero-order valence-corrected chi connectivity index (χ0v) is 21.8. The molecule has 0 atom stereocenters. The van der Waals surface area contributed by atoms with Crippen molar-refractivity contribution in [3.63, 3.8) is 0 Å². The standard InChI is InChI=1S/C31H27FN4OS/c1-20-11-13-21(14-12-20)23-19-25(22-7-3-2-4-8-22)34-30-27(23)28(33)29(38-30)31(37)36-17-15-35(16-18-36)26-10-6-5-9-24(26)32/h2-14,19H,15-18,33H2,1H3. The van der Waals surface area contributed by atoms with Crippen molar-refractivity contribution in [1.82, 2.24) is 9.88 Å². The van der Waals surface area contributed by atoms with Crippen molar-refractivity contribution >= 4 is 38.8 Å². The van der Waals surface area contributed by atoms with Gasteiger partial charge >= 0.3 is 0 Å². The van der Waals surface area contributed by atoms with E-state index in [1.165, 1.54) is 23.0 Å². The van der Waals surface area contributed by atoms with E-state index >= 15 is 0 Å². The van der Waals surface area contributed by atoms with Gasteiger partial charge in [0.2, 0.25) is 0 Å². The monoisotopic (exact) mass is 522 g/mol. The first-order valence-corrected chi connectivity index (χ1v) is 13.5. The normalized spacial score (nSPS) is 13.7. The van der Waals surface area contributed by atoms with Gasteiger partial charge in [0.1, 0.15) is 15.5 Å². The summed E-state index contributed by atoms with van der Waals surface area (Å²) < 4.78 is 14.3. The van der Waals surface area contributed by atoms with Crippen LogP contribution in [0.5, 0.6) is 0 Å². The van der Waals surface area contributed by atoms with E-state index in [0.29, 0.717) is 42.4 Å². The smallest absolute Gasteiger partial charge is 0.266 e. The highest BCUT2D eigenvalue weighted by Crippen LogP contribution is 2.42. The average molecular weight is 523 g/mol. The number of para-hydroxylation sites is 1. The molecular formula is C31H27FN4OS. The lowest BCUT2D eigenvalue weighted by atomic mass is 9.98. The van der Waals surface area contributed by atoms with Crippen LogP contribution in [0.4, 0.5) is 15.8 Å². The minimum absolute atomic E-state index is 0.102. The molecule has 1 aliphatic heterocycles. The van der Waals surface area contributed by atoms with Crippen molar-refractivity contribution in [1.29, 1.82) is 0 Å². The Morgan fingerprint density at radius 1 is 0.895 bits per heavy atom. The van der Waals surface area contributed by atoms with Gasteiger partial charge in [0, 0.05) is 37.1 Å². The third kappa shape index (κ3) is 4.39. The molecule has 1 amide bonds. The van der Waals surface area contributed by atoms with Crippen molar-refractivity contribution in [3.05, 3.63) is 101 Å². The molecule has 0 saturated carbocycles. The number of nitrogens with two attached hydrogens (primary N) is 1. The van der Waals surface area contributed by atoms with E-state index < -0.39 is 0 Å². The molecule has 7 heteroatoms. The highest BCUT2D eigenvalue weighted by molar-refractivity contribution is 7.21. The fraction of sp³-hybridized carbons (Fsp3) is 0.161. The second-order valence-corrected chi connectivity index (χ2v) is 10.5. The maximum Gasteiger partial charge on any atom is 0.266 e. The molecule has 3 aromatic carbocycles. The van der Waals surface area contributed by atoms with Crippen LogP contribution in [0.2, 0.25) is 0 Å². The minimum atomic E-state index is -0.245. The average Bonchev–Trinajstić information content (AvgIpc) is 3.29. The highest BCUT2D eigenvalue weighted by atomic mass is 32.1. The van der Waals surface area contributed by atoms with Crippen LogP contribution < -0.4 is 10.6 Å². The maximum absolute atomic E-state index is 14.3. The number of carbonyl (C=O) groups excluding carboxylic acids is 1. The lowest BCUT2D eigenvalue weighted by molar-refractivity contribution is 0.0752. The molecule has 0 unspecified atom stereocenters. The Balaban J connectivity index is 1.37. The van der Waals surface area contributed by atoms with E-state index in [2.05, 4.69) is 37.3 Å².